The minimum absolute atomic E-state index is 0.00126. The van der Waals surface area contributed by atoms with Gasteiger partial charge in [0.15, 0.2) is 0 Å². The molecule has 2 rings (SSSR count). The van der Waals surface area contributed by atoms with E-state index >= 15 is 0 Å². The molecule has 1 aromatic rings. The highest BCUT2D eigenvalue weighted by Crippen LogP contribution is 2.18. The molecule has 4 amide bonds. The lowest BCUT2D eigenvalue weighted by molar-refractivity contribution is -0.144. The molecule has 0 aromatic heterocycles. The molecule has 3 atom stereocenters. The highest BCUT2D eigenvalue weighted by Gasteiger charge is 2.36. The van der Waals surface area contributed by atoms with Gasteiger partial charge in [-0.1, -0.05) is 12.1 Å². The Morgan fingerprint density at radius 2 is 1.82 bits per heavy atom. The van der Waals surface area contributed by atoms with Crippen LogP contribution in [0, 0.1) is 0 Å². The number of nitrogens with one attached hydrogen (secondary N) is 2. The number of carbonyl (C=O) groups excluding carboxylic acids is 4. The topological polar surface area (TPSA) is 205 Å². The molecule has 0 radical (unpaired) electrons. The molecule has 33 heavy (non-hydrogen) atoms. The molecule has 0 spiro atoms. The average Bonchev–Trinajstić information content (AvgIpc) is 3.26. The van der Waals surface area contributed by atoms with Crippen LogP contribution < -0.4 is 22.1 Å². The minimum atomic E-state index is -1.23. The van der Waals surface area contributed by atoms with Crippen LogP contribution in [-0.2, 0) is 30.4 Å². The molecular weight excluding hydrogens is 434 g/mol. The second kappa shape index (κ2) is 11.8. The van der Waals surface area contributed by atoms with Crippen LogP contribution in [0.5, 0.6) is 5.75 Å². The summed E-state index contributed by atoms with van der Waals surface area (Å²) in [7, 11) is 0. The number of hydrogen-bond acceptors (Lipinski definition) is 7. The number of carboxylic acids is 1. The van der Waals surface area contributed by atoms with E-state index in [2.05, 4.69) is 10.6 Å². The molecule has 1 aromatic carbocycles. The number of likely N-dealkylation sites (tertiary alicyclic amines) is 1. The number of carboxylic acid groups (broad SMARTS) is 1. The van der Waals surface area contributed by atoms with E-state index in [0.29, 0.717) is 18.4 Å². The van der Waals surface area contributed by atoms with Crippen molar-refractivity contribution in [2.75, 3.05) is 13.1 Å². The van der Waals surface area contributed by atoms with Gasteiger partial charge < -0.3 is 37.2 Å². The molecule has 0 bridgehead atoms. The van der Waals surface area contributed by atoms with Crippen LogP contribution in [0.2, 0.25) is 0 Å². The van der Waals surface area contributed by atoms with Crippen molar-refractivity contribution in [2.45, 2.75) is 50.2 Å². The molecular formula is C21H29N5O7. The SMILES string of the molecule is NC(=O)CCC(N)C(=O)NCC(=O)N1CCCC1C(=O)NC(Cc1ccc(O)cc1)C(=O)O. The Morgan fingerprint density at radius 3 is 2.42 bits per heavy atom. The Labute approximate surface area is 190 Å². The van der Waals surface area contributed by atoms with Crippen molar-refractivity contribution >= 4 is 29.6 Å². The van der Waals surface area contributed by atoms with Crippen LogP contribution in [0.4, 0.5) is 0 Å². The zero-order valence-corrected chi connectivity index (χ0v) is 18.0. The van der Waals surface area contributed by atoms with Gasteiger partial charge in [-0.3, -0.25) is 19.2 Å². The van der Waals surface area contributed by atoms with Gasteiger partial charge in [0.1, 0.15) is 17.8 Å². The molecule has 8 N–H and O–H groups in total. The fourth-order valence-corrected chi connectivity index (χ4v) is 3.50. The largest absolute Gasteiger partial charge is 0.508 e. The van der Waals surface area contributed by atoms with Crippen molar-refractivity contribution in [3.8, 4) is 5.75 Å². The second-order valence-corrected chi connectivity index (χ2v) is 7.84. The van der Waals surface area contributed by atoms with E-state index in [1.807, 2.05) is 0 Å². The molecule has 180 valence electrons. The van der Waals surface area contributed by atoms with Gasteiger partial charge in [0, 0.05) is 19.4 Å². The Balaban J connectivity index is 1.92. The van der Waals surface area contributed by atoms with Crippen LogP contribution in [-0.4, -0.2) is 75.9 Å². The van der Waals surface area contributed by atoms with E-state index in [9.17, 15) is 34.2 Å². The van der Waals surface area contributed by atoms with E-state index in [-0.39, 0.29) is 38.1 Å². The van der Waals surface area contributed by atoms with Gasteiger partial charge in [-0.15, -0.1) is 0 Å². The maximum absolute atomic E-state index is 12.8. The van der Waals surface area contributed by atoms with Gasteiger partial charge in [0.2, 0.25) is 23.6 Å². The molecule has 1 heterocycles. The van der Waals surface area contributed by atoms with Crippen LogP contribution >= 0.6 is 0 Å². The van der Waals surface area contributed by atoms with Crippen molar-refractivity contribution < 1.29 is 34.2 Å². The summed E-state index contributed by atoms with van der Waals surface area (Å²) in [6.45, 7) is -0.0982. The number of benzene rings is 1. The van der Waals surface area contributed by atoms with E-state index in [1.54, 1.807) is 12.1 Å². The Morgan fingerprint density at radius 1 is 1.15 bits per heavy atom. The predicted octanol–water partition coefficient (Wildman–Crippen LogP) is -1.80. The molecule has 1 fully saturated rings. The van der Waals surface area contributed by atoms with Crippen molar-refractivity contribution in [3.63, 3.8) is 0 Å². The zero-order chi connectivity index (χ0) is 24.5. The van der Waals surface area contributed by atoms with Crippen molar-refractivity contribution in [1.82, 2.24) is 15.5 Å². The summed E-state index contributed by atoms with van der Waals surface area (Å²) >= 11 is 0. The third kappa shape index (κ3) is 7.75. The van der Waals surface area contributed by atoms with Crippen LogP contribution in [0.3, 0.4) is 0 Å². The average molecular weight is 463 g/mol. The summed E-state index contributed by atoms with van der Waals surface area (Å²) < 4.78 is 0. The molecule has 12 nitrogen and oxygen atoms in total. The summed E-state index contributed by atoms with van der Waals surface area (Å²) in [5.74, 6) is -3.51. The monoisotopic (exact) mass is 463 g/mol. The number of nitrogens with two attached hydrogens (primary N) is 2. The summed E-state index contributed by atoms with van der Waals surface area (Å²) in [6.07, 6.45) is 0.884. The van der Waals surface area contributed by atoms with Crippen molar-refractivity contribution in [2.24, 2.45) is 11.5 Å². The highest BCUT2D eigenvalue weighted by molar-refractivity contribution is 5.93. The molecule has 0 saturated carbocycles. The number of rotatable bonds is 11. The van der Waals surface area contributed by atoms with Gasteiger partial charge in [0.25, 0.3) is 0 Å². The van der Waals surface area contributed by atoms with Gasteiger partial charge in [-0.2, -0.15) is 0 Å². The number of phenols is 1. The van der Waals surface area contributed by atoms with E-state index in [0.717, 1.165) is 0 Å². The van der Waals surface area contributed by atoms with Gasteiger partial charge in [-0.05, 0) is 37.0 Å². The number of phenolic OH excluding ortho intramolecular Hbond substituents is 1. The fraction of sp³-hybridized carbons (Fsp3) is 0.476. The summed E-state index contributed by atoms with van der Waals surface area (Å²) in [4.78, 5) is 61.0. The quantitative estimate of drug-likeness (QED) is 0.220. The standard InChI is InChI=1S/C21H29N5O7/c22-14(7-8-17(23)28)19(30)24-11-18(29)26-9-1-2-16(26)20(31)25-15(21(32)33)10-12-3-5-13(27)6-4-12/h3-6,14-16,27H,1-2,7-11,22H2,(H2,23,28)(H,24,30)(H,25,31)(H,32,33). The lowest BCUT2D eigenvalue weighted by Crippen LogP contribution is -2.53. The van der Waals surface area contributed by atoms with Crippen molar-refractivity contribution in [3.05, 3.63) is 29.8 Å². The van der Waals surface area contributed by atoms with Crippen LogP contribution in [0.15, 0.2) is 24.3 Å². The van der Waals surface area contributed by atoms with E-state index in [4.69, 9.17) is 11.5 Å². The third-order valence-electron chi connectivity index (χ3n) is 5.32. The number of carbonyl (C=O) groups is 5. The van der Waals surface area contributed by atoms with Crippen molar-refractivity contribution in [1.29, 1.82) is 0 Å². The summed E-state index contributed by atoms with van der Waals surface area (Å²) in [5, 5.41) is 23.7. The molecule has 1 aliphatic heterocycles. The predicted molar refractivity (Wildman–Crippen MR) is 116 cm³/mol. The number of nitrogens with zero attached hydrogens (tertiary/aromatic N) is 1. The Hall–Kier alpha value is -3.67. The Kier molecular flexibility index (Phi) is 9.16. The first-order valence-electron chi connectivity index (χ1n) is 10.5. The number of aliphatic carboxylic acids is 1. The molecule has 12 heteroatoms. The lowest BCUT2D eigenvalue weighted by atomic mass is 10.0. The number of hydrogen-bond donors (Lipinski definition) is 6. The fourth-order valence-electron chi connectivity index (χ4n) is 3.50. The normalized spacial score (nSPS) is 17.1. The maximum Gasteiger partial charge on any atom is 0.326 e. The van der Waals surface area contributed by atoms with Gasteiger partial charge in [0.05, 0.1) is 12.6 Å². The summed E-state index contributed by atoms with van der Waals surface area (Å²) in [6, 6.07) is 2.86. The molecule has 3 unspecified atom stereocenters. The summed E-state index contributed by atoms with van der Waals surface area (Å²) in [5.41, 5.74) is 11.3. The maximum atomic E-state index is 12.8. The van der Waals surface area contributed by atoms with E-state index in [1.165, 1.54) is 17.0 Å². The first kappa shape index (κ1) is 25.6. The van der Waals surface area contributed by atoms with Gasteiger partial charge in [-0.25, -0.2) is 4.79 Å². The number of aromatic hydroxyl groups is 1. The smallest absolute Gasteiger partial charge is 0.326 e. The van der Waals surface area contributed by atoms with Gasteiger partial charge >= 0.3 is 5.97 Å². The zero-order valence-electron chi connectivity index (χ0n) is 18.0. The highest BCUT2D eigenvalue weighted by atomic mass is 16.4. The number of primary amides is 1. The Bertz CT molecular complexity index is 889. The van der Waals surface area contributed by atoms with E-state index < -0.39 is 47.7 Å². The van der Waals surface area contributed by atoms with Crippen LogP contribution in [0.1, 0.15) is 31.2 Å². The third-order valence-corrected chi connectivity index (χ3v) is 5.32. The first-order chi connectivity index (χ1) is 15.6. The number of amides is 4. The first-order valence-corrected chi connectivity index (χ1v) is 10.5. The van der Waals surface area contributed by atoms with Crippen LogP contribution in [0.25, 0.3) is 0 Å². The molecule has 1 aliphatic rings. The second-order valence-electron chi connectivity index (χ2n) is 7.84. The molecule has 1 saturated heterocycles. The molecule has 0 aliphatic carbocycles. The lowest BCUT2D eigenvalue weighted by Gasteiger charge is -2.26. The minimum Gasteiger partial charge on any atom is -0.508 e.